The molecule has 0 N–H and O–H groups in total. The molecule has 3 aromatic heterocycles. The van der Waals surface area contributed by atoms with E-state index in [0.717, 1.165) is 55.3 Å². The molecular formula is C55H35N5. The van der Waals surface area contributed by atoms with Crippen molar-refractivity contribution >= 4 is 54.4 Å². The average molecular weight is 766 g/mol. The maximum atomic E-state index is 5.22. The molecule has 12 rings (SSSR count). The molecule has 0 aliphatic rings. The average Bonchev–Trinajstić information content (AvgIpc) is 3.84. The highest BCUT2D eigenvalue weighted by atomic mass is 15.2. The molecule has 0 bridgehead atoms. The molecule has 9 aromatic carbocycles. The number of aromatic nitrogens is 5. The van der Waals surface area contributed by atoms with E-state index < -0.39 is 0 Å². The number of fused-ring (bicyclic) bond motifs is 7. The van der Waals surface area contributed by atoms with Crippen LogP contribution >= 0.6 is 0 Å². The Labute approximate surface area is 346 Å². The maximum Gasteiger partial charge on any atom is 0.238 e. The highest BCUT2D eigenvalue weighted by molar-refractivity contribution is 6.12. The van der Waals surface area contributed by atoms with Crippen molar-refractivity contribution in [2.24, 2.45) is 0 Å². The fraction of sp³-hybridized carbons (Fsp3) is 0. The second kappa shape index (κ2) is 13.8. The first-order valence-electron chi connectivity index (χ1n) is 20.3. The Balaban J connectivity index is 0.995. The van der Waals surface area contributed by atoms with Crippen molar-refractivity contribution in [2.45, 2.75) is 0 Å². The van der Waals surface area contributed by atoms with Crippen LogP contribution in [-0.4, -0.2) is 24.1 Å². The molecule has 0 unspecified atom stereocenters. The van der Waals surface area contributed by atoms with Gasteiger partial charge in [-0.1, -0.05) is 158 Å². The third-order valence-electron chi connectivity index (χ3n) is 11.8. The van der Waals surface area contributed by atoms with Crippen LogP contribution in [0.4, 0.5) is 0 Å². The molecule has 3 heterocycles. The minimum Gasteiger partial charge on any atom is -0.309 e. The van der Waals surface area contributed by atoms with Gasteiger partial charge in [0.1, 0.15) is 0 Å². The molecule has 0 fully saturated rings. The molecule has 0 aliphatic heterocycles. The lowest BCUT2D eigenvalue weighted by molar-refractivity contribution is 0.953. The SMILES string of the molecule is c1ccc(-c2nc(-c3ccc(-c4ccc5ccccc5c4)cc3)nc(-n3c4ccccc4c4cc(-c5ccc6c(c5)c5ccccc5n6-c5ccccc5)ccc43)n2)cc1. The van der Waals surface area contributed by atoms with Crippen LogP contribution in [0.2, 0.25) is 0 Å². The topological polar surface area (TPSA) is 48.5 Å². The Kier molecular flexibility index (Phi) is 7.78. The van der Waals surface area contributed by atoms with E-state index in [2.05, 4.69) is 203 Å². The molecular weight excluding hydrogens is 731 g/mol. The zero-order valence-electron chi connectivity index (χ0n) is 32.4. The fourth-order valence-electron chi connectivity index (χ4n) is 8.87. The van der Waals surface area contributed by atoms with E-state index >= 15 is 0 Å². The first-order valence-corrected chi connectivity index (χ1v) is 20.3. The second-order valence-corrected chi connectivity index (χ2v) is 15.3. The van der Waals surface area contributed by atoms with Crippen molar-refractivity contribution in [1.82, 2.24) is 24.1 Å². The Morgan fingerprint density at radius 2 is 0.717 bits per heavy atom. The number of para-hydroxylation sites is 3. The summed E-state index contributed by atoms with van der Waals surface area (Å²) in [5.41, 5.74) is 12.1. The smallest absolute Gasteiger partial charge is 0.238 e. The third kappa shape index (κ3) is 5.59. The van der Waals surface area contributed by atoms with E-state index in [4.69, 9.17) is 15.0 Å². The quantitative estimate of drug-likeness (QED) is 0.169. The van der Waals surface area contributed by atoms with Crippen molar-refractivity contribution in [3.63, 3.8) is 0 Å². The summed E-state index contributed by atoms with van der Waals surface area (Å²) < 4.78 is 4.55. The predicted octanol–water partition coefficient (Wildman–Crippen LogP) is 13.9. The highest BCUT2D eigenvalue weighted by Crippen LogP contribution is 2.38. The number of rotatable bonds is 6. The van der Waals surface area contributed by atoms with Crippen LogP contribution in [0.5, 0.6) is 0 Å². The van der Waals surface area contributed by atoms with Gasteiger partial charge < -0.3 is 4.57 Å². The van der Waals surface area contributed by atoms with E-state index in [0.29, 0.717) is 17.6 Å². The van der Waals surface area contributed by atoms with Crippen molar-refractivity contribution in [2.75, 3.05) is 0 Å². The van der Waals surface area contributed by atoms with Crippen LogP contribution in [0.1, 0.15) is 0 Å². The summed E-state index contributed by atoms with van der Waals surface area (Å²) in [5, 5.41) is 7.19. The standard InChI is InChI=1S/C55H35N5/c1-3-14-38(15-4-1)53-56-54(39-26-23-37(24-27-39)41-28-25-36-13-7-8-16-40(36)33-41)58-55(57-53)60-50-22-12-10-20-46(50)48-35-43(30-32-52(48)60)42-29-31-51-47(34-42)45-19-9-11-21-49(45)59(51)44-17-5-2-6-18-44/h1-35H. The number of benzene rings is 9. The van der Waals surface area contributed by atoms with E-state index in [9.17, 15) is 0 Å². The number of nitrogens with zero attached hydrogens (tertiary/aromatic N) is 5. The van der Waals surface area contributed by atoms with Gasteiger partial charge in [-0.2, -0.15) is 9.97 Å². The van der Waals surface area contributed by atoms with E-state index in [1.54, 1.807) is 0 Å². The summed E-state index contributed by atoms with van der Waals surface area (Å²) in [6.07, 6.45) is 0. The van der Waals surface area contributed by atoms with Crippen molar-refractivity contribution in [1.29, 1.82) is 0 Å². The second-order valence-electron chi connectivity index (χ2n) is 15.3. The van der Waals surface area contributed by atoms with Crippen molar-refractivity contribution < 1.29 is 0 Å². The van der Waals surface area contributed by atoms with E-state index in [1.807, 2.05) is 18.2 Å². The molecule has 0 atom stereocenters. The van der Waals surface area contributed by atoms with Crippen LogP contribution in [0, 0.1) is 0 Å². The monoisotopic (exact) mass is 765 g/mol. The third-order valence-corrected chi connectivity index (χ3v) is 11.8. The van der Waals surface area contributed by atoms with Gasteiger partial charge in [0.15, 0.2) is 11.6 Å². The van der Waals surface area contributed by atoms with Gasteiger partial charge in [-0.25, -0.2) is 4.98 Å². The van der Waals surface area contributed by atoms with E-state index in [-0.39, 0.29) is 0 Å². The van der Waals surface area contributed by atoms with Crippen LogP contribution in [-0.2, 0) is 0 Å². The van der Waals surface area contributed by atoms with Crippen LogP contribution in [0.25, 0.3) is 111 Å². The van der Waals surface area contributed by atoms with Gasteiger partial charge >= 0.3 is 0 Å². The Bertz CT molecular complexity index is 3580. The Hall–Kier alpha value is -8.15. The zero-order chi connectivity index (χ0) is 39.6. The Morgan fingerprint density at radius 3 is 1.38 bits per heavy atom. The molecule has 280 valence electrons. The summed E-state index contributed by atoms with van der Waals surface area (Å²) in [6, 6.07) is 75.2. The lowest BCUT2D eigenvalue weighted by atomic mass is 10.0. The van der Waals surface area contributed by atoms with Gasteiger partial charge in [0.25, 0.3) is 0 Å². The fourth-order valence-corrected chi connectivity index (χ4v) is 8.87. The molecule has 0 spiro atoms. The summed E-state index contributed by atoms with van der Waals surface area (Å²) in [5.74, 6) is 1.82. The lowest BCUT2D eigenvalue weighted by Crippen LogP contribution is -2.06. The molecule has 0 amide bonds. The van der Waals surface area contributed by atoms with Gasteiger partial charge in [0, 0.05) is 38.4 Å². The number of hydrogen-bond donors (Lipinski definition) is 0. The van der Waals surface area contributed by atoms with Gasteiger partial charge in [-0.05, 0) is 87.6 Å². The molecule has 12 aromatic rings. The van der Waals surface area contributed by atoms with Gasteiger partial charge in [-0.15, -0.1) is 0 Å². The van der Waals surface area contributed by atoms with Crippen LogP contribution in [0.15, 0.2) is 212 Å². The maximum absolute atomic E-state index is 5.22. The Morgan fingerprint density at radius 1 is 0.267 bits per heavy atom. The summed E-state index contributed by atoms with van der Waals surface area (Å²) >= 11 is 0. The first-order chi connectivity index (χ1) is 29.7. The minimum atomic E-state index is 0.576. The molecule has 0 radical (unpaired) electrons. The van der Waals surface area contributed by atoms with Crippen LogP contribution in [0.3, 0.4) is 0 Å². The zero-order valence-corrected chi connectivity index (χ0v) is 32.4. The molecule has 60 heavy (non-hydrogen) atoms. The summed E-state index contributed by atoms with van der Waals surface area (Å²) in [4.78, 5) is 15.5. The minimum absolute atomic E-state index is 0.576. The molecule has 5 nitrogen and oxygen atoms in total. The molecule has 5 heteroatoms. The normalized spacial score (nSPS) is 11.7. The van der Waals surface area contributed by atoms with Crippen molar-refractivity contribution in [3.8, 4) is 56.7 Å². The largest absolute Gasteiger partial charge is 0.309 e. The highest BCUT2D eigenvalue weighted by Gasteiger charge is 2.19. The summed E-state index contributed by atoms with van der Waals surface area (Å²) in [7, 11) is 0. The van der Waals surface area contributed by atoms with Crippen molar-refractivity contribution in [3.05, 3.63) is 212 Å². The lowest BCUT2D eigenvalue weighted by Gasteiger charge is -2.11. The first kappa shape index (κ1) is 33.9. The molecule has 0 saturated carbocycles. The number of hydrogen-bond acceptors (Lipinski definition) is 3. The van der Waals surface area contributed by atoms with Crippen LogP contribution < -0.4 is 0 Å². The predicted molar refractivity (Wildman–Crippen MR) is 248 cm³/mol. The molecule has 0 aliphatic carbocycles. The molecule has 0 saturated heterocycles. The van der Waals surface area contributed by atoms with E-state index in [1.165, 1.54) is 38.1 Å². The summed E-state index contributed by atoms with van der Waals surface area (Å²) in [6.45, 7) is 0. The van der Waals surface area contributed by atoms with Gasteiger partial charge in [-0.3, -0.25) is 4.57 Å². The van der Waals surface area contributed by atoms with Gasteiger partial charge in [0.2, 0.25) is 5.95 Å². The van der Waals surface area contributed by atoms with Gasteiger partial charge in [0.05, 0.1) is 22.1 Å².